The van der Waals surface area contributed by atoms with Crippen molar-refractivity contribution in [2.75, 3.05) is 12.3 Å². The Morgan fingerprint density at radius 3 is 3.16 bits per heavy atom. The molecule has 0 saturated carbocycles. The van der Waals surface area contributed by atoms with Gasteiger partial charge in [0.15, 0.2) is 11.2 Å². The number of hydrogen-bond donors (Lipinski definition) is 3. The number of aliphatic hydroxyl groups is 1. The van der Waals surface area contributed by atoms with Gasteiger partial charge in [-0.15, -0.1) is 0 Å². The van der Waals surface area contributed by atoms with Crippen molar-refractivity contribution in [3.05, 3.63) is 16.7 Å². The molecule has 102 valence electrons. The van der Waals surface area contributed by atoms with Crippen molar-refractivity contribution in [1.29, 1.82) is 0 Å². The second-order valence-corrected chi connectivity index (χ2v) is 4.82. The molecule has 3 rings (SSSR count). The van der Waals surface area contributed by atoms with Crippen LogP contribution in [0.2, 0.25) is 0 Å². The molecule has 2 aromatic heterocycles. The van der Waals surface area contributed by atoms with E-state index in [1.807, 2.05) is 6.92 Å². The largest absolute Gasteiger partial charge is 0.394 e. The van der Waals surface area contributed by atoms with E-state index in [4.69, 9.17) is 15.6 Å². The fraction of sp³-hybridized carbons (Fsp3) is 0.545. The van der Waals surface area contributed by atoms with Gasteiger partial charge in [0.1, 0.15) is 6.23 Å². The molecule has 3 atom stereocenters. The lowest BCUT2D eigenvalue weighted by atomic mass is 10.1. The maximum Gasteiger partial charge on any atom is 0.280 e. The Labute approximate surface area is 108 Å². The van der Waals surface area contributed by atoms with E-state index in [2.05, 4.69) is 15.0 Å². The zero-order chi connectivity index (χ0) is 13.6. The number of nitrogens with one attached hydrogen (secondary N) is 1. The number of nitrogen functional groups attached to an aromatic ring is 1. The smallest absolute Gasteiger partial charge is 0.280 e. The number of anilines is 1. The standard InChI is InChI=1S/C11H15N5O3/c1-5-2-6(3-17)19-10(5)16-4-13-7-8(16)14-11(12)15-9(7)18/h4-6,10,17H,2-3H2,1H3,(H3,12,14,15,18)/t5-,6?,10?/m1/s1. The summed E-state index contributed by atoms with van der Waals surface area (Å²) in [6, 6.07) is 0. The second-order valence-electron chi connectivity index (χ2n) is 4.82. The minimum atomic E-state index is -0.370. The predicted molar refractivity (Wildman–Crippen MR) is 67.3 cm³/mol. The van der Waals surface area contributed by atoms with Crippen molar-refractivity contribution in [2.24, 2.45) is 5.92 Å². The molecule has 4 N–H and O–H groups in total. The van der Waals surface area contributed by atoms with Crippen LogP contribution in [0, 0.1) is 5.92 Å². The SMILES string of the molecule is C[C@@H]1CC(CO)OC1n1cnc2c(=O)[nH]c(N)nc21. The summed E-state index contributed by atoms with van der Waals surface area (Å²) in [6.07, 6.45) is 1.78. The zero-order valence-corrected chi connectivity index (χ0v) is 10.4. The van der Waals surface area contributed by atoms with Crippen LogP contribution in [0.5, 0.6) is 0 Å². The van der Waals surface area contributed by atoms with E-state index in [1.54, 1.807) is 4.57 Å². The molecule has 1 aliphatic heterocycles. The van der Waals surface area contributed by atoms with Gasteiger partial charge in [0, 0.05) is 5.92 Å². The number of aromatic nitrogens is 4. The van der Waals surface area contributed by atoms with Gasteiger partial charge in [0.05, 0.1) is 19.0 Å². The van der Waals surface area contributed by atoms with E-state index in [0.29, 0.717) is 5.65 Å². The molecule has 8 heteroatoms. The number of hydrogen-bond acceptors (Lipinski definition) is 6. The van der Waals surface area contributed by atoms with Gasteiger partial charge >= 0.3 is 0 Å². The van der Waals surface area contributed by atoms with Gasteiger partial charge < -0.3 is 15.6 Å². The molecule has 0 radical (unpaired) electrons. The monoisotopic (exact) mass is 265 g/mol. The molecule has 8 nitrogen and oxygen atoms in total. The summed E-state index contributed by atoms with van der Waals surface area (Å²) < 4.78 is 7.43. The Hall–Kier alpha value is -1.93. The van der Waals surface area contributed by atoms with Crippen LogP contribution in [-0.2, 0) is 4.74 Å². The summed E-state index contributed by atoms with van der Waals surface area (Å²) in [4.78, 5) is 22.3. The van der Waals surface area contributed by atoms with Crippen LogP contribution in [-0.4, -0.2) is 37.3 Å². The van der Waals surface area contributed by atoms with Crippen molar-refractivity contribution < 1.29 is 9.84 Å². The highest BCUT2D eigenvalue weighted by atomic mass is 16.5. The van der Waals surface area contributed by atoms with Crippen molar-refractivity contribution in [1.82, 2.24) is 19.5 Å². The average Bonchev–Trinajstić information content (AvgIpc) is 2.92. The molecule has 1 aliphatic rings. The molecule has 0 aliphatic carbocycles. The Morgan fingerprint density at radius 1 is 1.68 bits per heavy atom. The summed E-state index contributed by atoms with van der Waals surface area (Å²) in [5.41, 5.74) is 5.81. The number of aromatic amines is 1. The molecule has 1 fully saturated rings. The van der Waals surface area contributed by atoms with E-state index in [-0.39, 0.29) is 41.9 Å². The number of H-pyrrole nitrogens is 1. The van der Waals surface area contributed by atoms with Crippen LogP contribution in [0.1, 0.15) is 19.6 Å². The Balaban J connectivity index is 2.09. The third-order valence-electron chi connectivity index (χ3n) is 3.38. The fourth-order valence-electron chi connectivity index (χ4n) is 2.50. The highest BCUT2D eigenvalue weighted by Gasteiger charge is 2.34. The summed E-state index contributed by atoms with van der Waals surface area (Å²) in [5, 5.41) is 9.16. The lowest BCUT2D eigenvalue weighted by molar-refractivity contribution is -0.0294. The maximum atomic E-state index is 11.7. The van der Waals surface area contributed by atoms with E-state index in [9.17, 15) is 4.79 Å². The van der Waals surface area contributed by atoms with Crippen LogP contribution in [0.4, 0.5) is 5.95 Å². The zero-order valence-electron chi connectivity index (χ0n) is 10.4. The molecule has 0 amide bonds. The number of imidazole rings is 1. The fourth-order valence-corrected chi connectivity index (χ4v) is 2.50. The highest BCUT2D eigenvalue weighted by Crippen LogP contribution is 2.34. The molecular formula is C11H15N5O3. The first-order valence-electron chi connectivity index (χ1n) is 6.08. The van der Waals surface area contributed by atoms with Crippen molar-refractivity contribution in [2.45, 2.75) is 25.7 Å². The van der Waals surface area contributed by atoms with Crippen LogP contribution in [0.25, 0.3) is 11.2 Å². The van der Waals surface area contributed by atoms with E-state index >= 15 is 0 Å². The maximum absolute atomic E-state index is 11.7. The summed E-state index contributed by atoms with van der Waals surface area (Å²) in [5.74, 6) is 0.237. The minimum Gasteiger partial charge on any atom is -0.394 e. The summed E-state index contributed by atoms with van der Waals surface area (Å²) >= 11 is 0. The molecule has 2 aromatic rings. The first-order valence-corrected chi connectivity index (χ1v) is 6.08. The highest BCUT2D eigenvalue weighted by molar-refractivity contribution is 5.70. The predicted octanol–water partition coefficient (Wildman–Crippen LogP) is -0.382. The second kappa shape index (κ2) is 4.32. The van der Waals surface area contributed by atoms with Gasteiger partial charge in [-0.25, -0.2) is 4.98 Å². The Bertz CT molecular complexity index is 664. The van der Waals surface area contributed by atoms with Crippen LogP contribution in [0.15, 0.2) is 11.1 Å². The first kappa shape index (κ1) is 12.1. The van der Waals surface area contributed by atoms with Gasteiger partial charge in [0.2, 0.25) is 5.95 Å². The Kier molecular flexibility index (Phi) is 2.76. The molecule has 0 bridgehead atoms. The van der Waals surface area contributed by atoms with E-state index < -0.39 is 0 Å². The average molecular weight is 265 g/mol. The third-order valence-corrected chi connectivity index (χ3v) is 3.38. The number of nitrogens with two attached hydrogens (primary N) is 1. The number of aliphatic hydroxyl groups excluding tert-OH is 1. The quantitative estimate of drug-likeness (QED) is 0.680. The number of rotatable bonds is 2. The van der Waals surface area contributed by atoms with Gasteiger partial charge in [0.25, 0.3) is 5.56 Å². The van der Waals surface area contributed by atoms with Gasteiger partial charge in [-0.05, 0) is 6.42 Å². The third kappa shape index (κ3) is 1.89. The molecule has 1 saturated heterocycles. The summed E-state index contributed by atoms with van der Waals surface area (Å²) in [6.45, 7) is 1.99. The minimum absolute atomic E-state index is 0.0242. The van der Waals surface area contributed by atoms with Crippen molar-refractivity contribution in [3.8, 4) is 0 Å². The van der Waals surface area contributed by atoms with Crippen molar-refractivity contribution in [3.63, 3.8) is 0 Å². The Morgan fingerprint density at radius 2 is 2.47 bits per heavy atom. The first-order chi connectivity index (χ1) is 9.10. The molecule has 2 unspecified atom stereocenters. The molecule has 3 heterocycles. The number of ether oxygens (including phenoxy) is 1. The lowest BCUT2D eigenvalue weighted by Gasteiger charge is -2.17. The number of nitrogens with zero attached hydrogens (tertiary/aromatic N) is 3. The molecule has 0 spiro atoms. The van der Waals surface area contributed by atoms with Crippen LogP contribution < -0.4 is 11.3 Å². The molecular weight excluding hydrogens is 250 g/mol. The lowest BCUT2D eigenvalue weighted by Crippen LogP contribution is -2.17. The van der Waals surface area contributed by atoms with Gasteiger partial charge in [-0.1, -0.05) is 6.92 Å². The molecule has 0 aromatic carbocycles. The van der Waals surface area contributed by atoms with E-state index in [0.717, 1.165) is 6.42 Å². The van der Waals surface area contributed by atoms with Crippen LogP contribution in [0.3, 0.4) is 0 Å². The number of fused-ring (bicyclic) bond motifs is 1. The van der Waals surface area contributed by atoms with Gasteiger partial charge in [-0.3, -0.25) is 14.3 Å². The molecule has 19 heavy (non-hydrogen) atoms. The normalized spacial score (nSPS) is 27.2. The topological polar surface area (TPSA) is 119 Å². The van der Waals surface area contributed by atoms with Gasteiger partial charge in [-0.2, -0.15) is 4.98 Å². The van der Waals surface area contributed by atoms with Crippen LogP contribution >= 0.6 is 0 Å². The van der Waals surface area contributed by atoms with Crippen molar-refractivity contribution >= 4 is 17.1 Å². The summed E-state index contributed by atoms with van der Waals surface area (Å²) in [7, 11) is 0. The van der Waals surface area contributed by atoms with E-state index in [1.165, 1.54) is 6.33 Å².